The van der Waals surface area contributed by atoms with Crippen LogP contribution in [0.2, 0.25) is 0 Å². The molecule has 0 aromatic heterocycles. The molecule has 0 radical (unpaired) electrons. The molecule has 0 aromatic rings. The van der Waals surface area contributed by atoms with Crippen LogP contribution in [0.4, 0.5) is 0 Å². The number of hydrogen-bond acceptors (Lipinski definition) is 6. The molecule has 2 N–H and O–H groups in total. The Hall–Kier alpha value is -1.63. The average molecular weight is 232 g/mol. The summed E-state index contributed by atoms with van der Waals surface area (Å²) in [6, 6.07) is 0. The third-order valence-corrected chi connectivity index (χ3v) is 2.08. The van der Waals surface area contributed by atoms with Crippen LogP contribution in [-0.4, -0.2) is 46.4 Å². The lowest BCUT2D eigenvalue weighted by Crippen LogP contribution is -2.42. The quantitative estimate of drug-likeness (QED) is 0.562. The lowest BCUT2D eigenvalue weighted by molar-refractivity contribution is -0.170. The van der Waals surface area contributed by atoms with Gasteiger partial charge < -0.3 is 19.7 Å². The second-order valence-electron chi connectivity index (χ2n) is 3.67. The summed E-state index contributed by atoms with van der Waals surface area (Å²) in [5.41, 5.74) is -2.46. The number of ether oxygens (including phenoxy) is 2. The molecule has 1 heterocycles. The largest absolute Gasteiger partial charge is 0.479 e. The SMILES string of the molecule is CC1COC(=O)CC(O)(C(=O)O)CC(=O)O1. The molecule has 16 heavy (non-hydrogen) atoms. The highest BCUT2D eigenvalue weighted by atomic mass is 16.6. The number of carboxylic acid groups (broad SMARTS) is 1. The standard InChI is InChI=1S/C9H12O7/c1-5-4-15-6(10)2-9(14,8(12)13)3-7(11)16-5/h5,14H,2-4H2,1H3,(H,12,13). The number of cyclic esters (lactones) is 2. The van der Waals surface area contributed by atoms with Gasteiger partial charge in [-0.05, 0) is 6.92 Å². The van der Waals surface area contributed by atoms with Crippen LogP contribution in [0.1, 0.15) is 19.8 Å². The molecule has 1 fully saturated rings. The van der Waals surface area contributed by atoms with Crippen molar-refractivity contribution in [3.05, 3.63) is 0 Å². The van der Waals surface area contributed by atoms with Gasteiger partial charge in [-0.25, -0.2) is 4.79 Å². The topological polar surface area (TPSA) is 110 Å². The van der Waals surface area contributed by atoms with E-state index < -0.39 is 42.5 Å². The Bertz CT molecular complexity index is 324. The first kappa shape index (κ1) is 12.4. The Morgan fingerprint density at radius 1 is 1.38 bits per heavy atom. The van der Waals surface area contributed by atoms with E-state index in [1.807, 2.05) is 0 Å². The number of aliphatic carboxylic acids is 1. The number of carbonyl (C=O) groups excluding carboxylic acids is 2. The Balaban J connectivity index is 2.90. The fraction of sp³-hybridized carbons (Fsp3) is 0.667. The number of aliphatic hydroxyl groups is 1. The third kappa shape index (κ3) is 2.93. The second kappa shape index (κ2) is 4.48. The van der Waals surface area contributed by atoms with Gasteiger partial charge in [-0.2, -0.15) is 0 Å². The van der Waals surface area contributed by atoms with Gasteiger partial charge in [0.05, 0.1) is 12.8 Å². The van der Waals surface area contributed by atoms with Crippen molar-refractivity contribution in [3.8, 4) is 0 Å². The van der Waals surface area contributed by atoms with Gasteiger partial charge in [0.25, 0.3) is 0 Å². The van der Waals surface area contributed by atoms with E-state index in [9.17, 15) is 19.5 Å². The number of carbonyl (C=O) groups is 3. The maximum absolute atomic E-state index is 11.2. The monoisotopic (exact) mass is 232 g/mol. The van der Waals surface area contributed by atoms with Crippen LogP contribution in [0.25, 0.3) is 0 Å². The van der Waals surface area contributed by atoms with E-state index in [2.05, 4.69) is 4.74 Å². The van der Waals surface area contributed by atoms with Gasteiger partial charge >= 0.3 is 17.9 Å². The Morgan fingerprint density at radius 3 is 2.50 bits per heavy atom. The van der Waals surface area contributed by atoms with E-state index in [0.717, 1.165) is 0 Å². The molecule has 2 unspecified atom stereocenters. The minimum atomic E-state index is -2.46. The highest BCUT2D eigenvalue weighted by Gasteiger charge is 2.43. The summed E-state index contributed by atoms with van der Waals surface area (Å²) < 4.78 is 9.36. The van der Waals surface area contributed by atoms with Crippen molar-refractivity contribution in [3.63, 3.8) is 0 Å². The molecule has 0 aromatic carbocycles. The molecule has 0 bridgehead atoms. The van der Waals surface area contributed by atoms with Crippen LogP contribution < -0.4 is 0 Å². The van der Waals surface area contributed by atoms with E-state index in [0.29, 0.717) is 0 Å². The van der Waals surface area contributed by atoms with Gasteiger partial charge in [0, 0.05) is 0 Å². The third-order valence-electron chi connectivity index (χ3n) is 2.08. The molecular formula is C9H12O7. The van der Waals surface area contributed by atoms with Crippen LogP contribution in [0.5, 0.6) is 0 Å². The zero-order valence-electron chi connectivity index (χ0n) is 8.63. The zero-order valence-corrected chi connectivity index (χ0v) is 8.63. The fourth-order valence-corrected chi connectivity index (χ4v) is 1.25. The predicted molar refractivity (Wildman–Crippen MR) is 48.3 cm³/mol. The Labute approximate surface area is 91.0 Å². The van der Waals surface area contributed by atoms with Gasteiger partial charge in [-0.1, -0.05) is 0 Å². The summed E-state index contributed by atoms with van der Waals surface area (Å²) in [5, 5.41) is 18.3. The molecule has 1 aliphatic rings. The second-order valence-corrected chi connectivity index (χ2v) is 3.67. The fourth-order valence-electron chi connectivity index (χ4n) is 1.25. The number of esters is 2. The van der Waals surface area contributed by atoms with Crippen molar-refractivity contribution in [1.29, 1.82) is 0 Å². The molecule has 7 nitrogen and oxygen atoms in total. The Morgan fingerprint density at radius 2 is 1.94 bits per heavy atom. The normalized spacial score (nSPS) is 31.8. The molecule has 0 aliphatic carbocycles. The lowest BCUT2D eigenvalue weighted by Gasteiger charge is -2.19. The Kier molecular flexibility index (Phi) is 3.48. The van der Waals surface area contributed by atoms with Crippen LogP contribution in [0.15, 0.2) is 0 Å². The lowest BCUT2D eigenvalue weighted by atomic mass is 9.96. The number of rotatable bonds is 1. The molecule has 1 rings (SSSR count). The van der Waals surface area contributed by atoms with Crippen LogP contribution in [-0.2, 0) is 23.9 Å². The summed E-state index contributed by atoms with van der Waals surface area (Å²) in [4.78, 5) is 33.1. The summed E-state index contributed by atoms with van der Waals surface area (Å²) in [6.07, 6.45) is -2.21. The first-order valence-corrected chi connectivity index (χ1v) is 4.64. The van der Waals surface area contributed by atoms with E-state index in [1.165, 1.54) is 6.92 Å². The van der Waals surface area contributed by atoms with Crippen molar-refractivity contribution in [2.24, 2.45) is 0 Å². The number of hydrogen-bond donors (Lipinski definition) is 2. The van der Waals surface area contributed by atoms with E-state index in [4.69, 9.17) is 9.84 Å². The minimum Gasteiger partial charge on any atom is -0.479 e. The molecule has 0 amide bonds. The molecule has 1 aliphatic heterocycles. The van der Waals surface area contributed by atoms with Crippen molar-refractivity contribution in [2.45, 2.75) is 31.5 Å². The molecule has 90 valence electrons. The summed E-state index contributed by atoms with van der Waals surface area (Å²) in [5.74, 6) is -3.42. The van der Waals surface area contributed by atoms with Crippen molar-refractivity contribution >= 4 is 17.9 Å². The molecule has 7 heteroatoms. The van der Waals surface area contributed by atoms with E-state index >= 15 is 0 Å². The first-order chi connectivity index (χ1) is 7.33. The van der Waals surface area contributed by atoms with E-state index in [1.54, 1.807) is 0 Å². The average Bonchev–Trinajstić information content (AvgIpc) is 2.17. The molecule has 0 spiro atoms. The van der Waals surface area contributed by atoms with Gasteiger partial charge in [0.2, 0.25) is 0 Å². The first-order valence-electron chi connectivity index (χ1n) is 4.64. The summed E-state index contributed by atoms with van der Waals surface area (Å²) in [6.45, 7) is 1.34. The summed E-state index contributed by atoms with van der Waals surface area (Å²) in [7, 11) is 0. The van der Waals surface area contributed by atoms with Crippen LogP contribution in [0, 0.1) is 0 Å². The summed E-state index contributed by atoms with van der Waals surface area (Å²) >= 11 is 0. The predicted octanol–water partition coefficient (Wildman–Crippen LogP) is -0.929. The molecule has 0 saturated carbocycles. The van der Waals surface area contributed by atoms with Crippen LogP contribution >= 0.6 is 0 Å². The van der Waals surface area contributed by atoms with Gasteiger partial charge in [-0.15, -0.1) is 0 Å². The van der Waals surface area contributed by atoms with Crippen molar-refractivity contribution in [1.82, 2.24) is 0 Å². The zero-order chi connectivity index (χ0) is 12.3. The van der Waals surface area contributed by atoms with Crippen molar-refractivity contribution < 1.29 is 34.1 Å². The maximum atomic E-state index is 11.2. The highest BCUT2D eigenvalue weighted by Crippen LogP contribution is 2.19. The van der Waals surface area contributed by atoms with Crippen LogP contribution in [0.3, 0.4) is 0 Å². The van der Waals surface area contributed by atoms with Crippen molar-refractivity contribution in [2.75, 3.05) is 6.61 Å². The maximum Gasteiger partial charge on any atom is 0.336 e. The minimum absolute atomic E-state index is 0.153. The molecule has 1 saturated heterocycles. The van der Waals surface area contributed by atoms with E-state index in [-0.39, 0.29) is 6.61 Å². The molecule has 2 atom stereocenters. The van der Waals surface area contributed by atoms with Gasteiger partial charge in [-0.3, -0.25) is 9.59 Å². The number of carboxylic acids is 1. The smallest absolute Gasteiger partial charge is 0.336 e. The van der Waals surface area contributed by atoms with Gasteiger partial charge in [0.15, 0.2) is 5.60 Å². The van der Waals surface area contributed by atoms with Gasteiger partial charge in [0.1, 0.15) is 12.7 Å². The molecular weight excluding hydrogens is 220 g/mol. The highest BCUT2D eigenvalue weighted by molar-refractivity contribution is 5.89.